The van der Waals surface area contributed by atoms with Gasteiger partial charge in [-0.2, -0.15) is 0 Å². The number of aliphatic hydroxyl groups is 2. The number of hydrogen-bond donors (Lipinski definition) is 5. The van der Waals surface area contributed by atoms with Gasteiger partial charge in [0.15, 0.2) is 6.10 Å². The highest BCUT2D eigenvalue weighted by Gasteiger charge is 2.39. The van der Waals surface area contributed by atoms with Crippen LogP contribution in [0.15, 0.2) is 48.6 Å². The van der Waals surface area contributed by atoms with Gasteiger partial charge in [0.1, 0.15) is 18.4 Å². The minimum absolute atomic E-state index is 0.0378. The van der Waals surface area contributed by atoms with Gasteiger partial charge in [-0.1, -0.05) is 114 Å². The van der Waals surface area contributed by atoms with Crippen LogP contribution in [0.2, 0.25) is 0 Å². The van der Waals surface area contributed by atoms with E-state index in [9.17, 15) is 38.8 Å². The number of unbranched alkanes of at least 4 members (excludes halogenated alkanes) is 11. The summed E-state index contributed by atoms with van der Waals surface area (Å²) >= 11 is 0. The van der Waals surface area contributed by atoms with Crippen LogP contribution in [0.4, 0.5) is 0 Å². The Morgan fingerprint density at radius 2 is 1.39 bits per heavy atom. The van der Waals surface area contributed by atoms with Crippen molar-refractivity contribution < 1.29 is 62.5 Å². The predicted molar refractivity (Wildman–Crippen MR) is 227 cm³/mol. The monoisotopic (exact) mass is 855 g/mol. The summed E-state index contributed by atoms with van der Waals surface area (Å²) in [7, 11) is -4.80. The fraction of sp³-hybridized carbons (Fsp3) is 0.727. The number of nitrogens with two attached hydrogens (primary N) is 1. The Hall–Kier alpha value is -2.97. The van der Waals surface area contributed by atoms with Gasteiger partial charge in [-0.15, -0.1) is 0 Å². The van der Waals surface area contributed by atoms with Crippen LogP contribution in [-0.4, -0.2) is 88.1 Å². The lowest BCUT2D eigenvalue weighted by Gasteiger charge is -2.20. The van der Waals surface area contributed by atoms with E-state index in [2.05, 4.69) is 42.7 Å². The van der Waals surface area contributed by atoms with Crippen LogP contribution in [0.25, 0.3) is 0 Å². The molecular weight excluding hydrogens is 781 g/mol. The van der Waals surface area contributed by atoms with Crippen LogP contribution < -0.4 is 5.73 Å². The van der Waals surface area contributed by atoms with Crippen molar-refractivity contribution in [1.29, 1.82) is 0 Å². The third-order valence-electron chi connectivity index (χ3n) is 9.92. The van der Waals surface area contributed by atoms with Crippen LogP contribution in [0.3, 0.4) is 0 Å². The van der Waals surface area contributed by atoms with E-state index < -0.39 is 75.8 Å². The van der Waals surface area contributed by atoms with E-state index >= 15 is 0 Å². The lowest BCUT2D eigenvalue weighted by molar-refractivity contribution is -0.161. The summed E-state index contributed by atoms with van der Waals surface area (Å²) in [5.41, 5.74) is 5.32. The molecule has 0 aromatic carbocycles. The van der Waals surface area contributed by atoms with Gasteiger partial charge in [-0.25, -0.2) is 4.57 Å². The van der Waals surface area contributed by atoms with Gasteiger partial charge in [0.25, 0.3) is 0 Å². The molecule has 15 heteroatoms. The van der Waals surface area contributed by atoms with Gasteiger partial charge in [0.2, 0.25) is 0 Å². The molecule has 0 radical (unpaired) electrons. The van der Waals surface area contributed by atoms with Crippen molar-refractivity contribution in [2.24, 2.45) is 17.6 Å². The summed E-state index contributed by atoms with van der Waals surface area (Å²) in [4.78, 5) is 58.7. The van der Waals surface area contributed by atoms with E-state index in [1.807, 2.05) is 12.2 Å². The van der Waals surface area contributed by atoms with Crippen molar-refractivity contribution in [2.75, 3.05) is 19.8 Å². The smallest absolute Gasteiger partial charge is 0.472 e. The van der Waals surface area contributed by atoms with E-state index in [4.69, 9.17) is 24.8 Å². The molecule has 1 aliphatic rings. The molecule has 6 N–H and O–H groups in total. The molecule has 1 fully saturated rings. The number of Topliss-reactive ketones (excluding diaryl/α,β-unsaturated/α-hetero) is 1. The van der Waals surface area contributed by atoms with Gasteiger partial charge in [0, 0.05) is 31.1 Å². The maximum Gasteiger partial charge on any atom is 0.472 e. The number of esters is 2. The molecular formula is C44H74NO13P. The summed E-state index contributed by atoms with van der Waals surface area (Å²) < 4.78 is 32.6. The standard InChI is InChI=1S/C44H74NO13P/c1-3-5-7-8-9-10-11-12-13-14-15-16-17-18-23-27-42(49)55-32-36(33-56-59(53,54)57-34-39(45)44(51)52)58-43(50)28-24-20-19-22-26-37-38(41(48)31-40(37)47)30-29-35(46)25-21-6-4-2/h9-10,12-13,19,22,29-30,35-39,41,46,48H,3-8,11,14-18,20-21,23-28,31-34,45H2,1-2H3,(H,51,52)(H,53,54)/b10-9-,13-12-,22-19-,30-29+/t35-,36+,37+,38+,39-,41+/m0/s1. The molecule has 0 heterocycles. The van der Waals surface area contributed by atoms with Crippen LogP contribution in [0, 0.1) is 11.8 Å². The number of carboxylic acid groups (broad SMARTS) is 1. The summed E-state index contributed by atoms with van der Waals surface area (Å²) in [6.45, 7) is 2.37. The minimum Gasteiger partial charge on any atom is -0.480 e. The maximum atomic E-state index is 12.7. The van der Waals surface area contributed by atoms with E-state index in [1.54, 1.807) is 12.2 Å². The first-order chi connectivity index (χ1) is 28.3. The Kier molecular flexibility index (Phi) is 30.9. The average Bonchev–Trinajstić information content (AvgIpc) is 3.47. The Labute approximate surface area is 352 Å². The number of carboxylic acids is 1. The molecule has 7 atom stereocenters. The van der Waals surface area contributed by atoms with Crippen molar-refractivity contribution in [2.45, 2.75) is 173 Å². The highest BCUT2D eigenvalue weighted by Crippen LogP contribution is 2.43. The molecule has 0 amide bonds. The highest BCUT2D eigenvalue weighted by atomic mass is 31.2. The first-order valence-electron chi connectivity index (χ1n) is 21.8. The topological polar surface area (TPSA) is 229 Å². The number of phosphoric ester groups is 1. The molecule has 1 aliphatic carbocycles. The van der Waals surface area contributed by atoms with Crippen molar-refractivity contribution in [3.8, 4) is 0 Å². The molecule has 1 rings (SSSR count). The zero-order valence-electron chi connectivity index (χ0n) is 35.5. The molecule has 338 valence electrons. The lowest BCUT2D eigenvalue weighted by atomic mass is 9.90. The van der Waals surface area contributed by atoms with Gasteiger partial charge >= 0.3 is 25.7 Å². The number of phosphoric acid groups is 1. The van der Waals surface area contributed by atoms with Gasteiger partial charge in [-0.05, 0) is 64.2 Å². The number of ether oxygens (including phenoxy) is 2. The lowest BCUT2D eigenvalue weighted by Crippen LogP contribution is -2.34. The zero-order valence-corrected chi connectivity index (χ0v) is 36.4. The van der Waals surface area contributed by atoms with Crippen LogP contribution in [-0.2, 0) is 42.3 Å². The molecule has 0 aromatic rings. The highest BCUT2D eigenvalue weighted by molar-refractivity contribution is 7.47. The van der Waals surface area contributed by atoms with Crippen LogP contribution in [0.1, 0.15) is 149 Å². The number of aliphatic carboxylic acids is 1. The minimum atomic E-state index is -4.80. The first-order valence-corrected chi connectivity index (χ1v) is 23.3. The van der Waals surface area contributed by atoms with Gasteiger partial charge in [0.05, 0.1) is 25.4 Å². The molecule has 0 aliphatic heterocycles. The molecule has 0 aromatic heterocycles. The summed E-state index contributed by atoms with van der Waals surface area (Å²) in [5.74, 6) is -3.47. The Morgan fingerprint density at radius 3 is 2.08 bits per heavy atom. The van der Waals surface area contributed by atoms with E-state index in [-0.39, 0.29) is 31.0 Å². The molecule has 14 nitrogen and oxygen atoms in total. The van der Waals surface area contributed by atoms with Crippen molar-refractivity contribution in [3.05, 3.63) is 48.6 Å². The largest absolute Gasteiger partial charge is 0.480 e. The number of carbonyl (C=O) groups excluding carboxylic acids is 3. The number of ketones is 1. The fourth-order valence-electron chi connectivity index (χ4n) is 6.37. The molecule has 1 unspecified atom stereocenters. The van der Waals surface area contributed by atoms with Crippen molar-refractivity contribution >= 4 is 31.5 Å². The van der Waals surface area contributed by atoms with Crippen molar-refractivity contribution in [3.63, 3.8) is 0 Å². The normalized spacial score (nSPS) is 19.8. The Morgan fingerprint density at radius 1 is 0.797 bits per heavy atom. The molecule has 0 saturated heterocycles. The van der Waals surface area contributed by atoms with Gasteiger partial charge < -0.3 is 35.4 Å². The second-order valence-corrected chi connectivity index (χ2v) is 16.7. The number of carbonyl (C=O) groups is 4. The average molecular weight is 856 g/mol. The number of rotatable bonds is 36. The number of allylic oxidation sites excluding steroid dienone is 6. The molecule has 59 heavy (non-hydrogen) atoms. The second-order valence-electron chi connectivity index (χ2n) is 15.2. The van der Waals surface area contributed by atoms with E-state index in [1.165, 1.54) is 19.3 Å². The fourth-order valence-corrected chi connectivity index (χ4v) is 7.15. The predicted octanol–water partition coefficient (Wildman–Crippen LogP) is 7.98. The summed E-state index contributed by atoms with van der Waals surface area (Å²) in [5, 5.41) is 29.6. The Balaban J connectivity index is 2.54. The van der Waals surface area contributed by atoms with E-state index in [0.29, 0.717) is 32.1 Å². The molecule has 1 saturated carbocycles. The zero-order chi connectivity index (χ0) is 43.7. The quantitative estimate of drug-likeness (QED) is 0.0174. The van der Waals surface area contributed by atoms with Crippen LogP contribution in [0.5, 0.6) is 0 Å². The Bertz CT molecular complexity index is 1350. The first kappa shape index (κ1) is 54.0. The SMILES string of the molecule is CCCCC/C=C\C/C=C\CCCCCCCC(=O)OC[C@H](COP(=O)(O)OC[C@H](N)C(=O)O)OC(=O)CCC/C=C\C[C@H]1C(=O)C[C@@H](O)[C@@H]1/C=C/[C@@H](O)CCCCC. The third-order valence-corrected chi connectivity index (χ3v) is 10.9. The second kappa shape index (κ2) is 33.7. The molecule has 0 spiro atoms. The number of aliphatic hydroxyl groups excluding tert-OH is 2. The van der Waals surface area contributed by atoms with Crippen molar-refractivity contribution in [1.82, 2.24) is 0 Å². The third kappa shape index (κ3) is 28.2. The summed E-state index contributed by atoms with van der Waals surface area (Å²) in [6, 6.07) is -1.57. The molecule has 0 bridgehead atoms. The van der Waals surface area contributed by atoms with Crippen LogP contribution >= 0.6 is 7.82 Å². The van der Waals surface area contributed by atoms with E-state index in [0.717, 1.165) is 64.2 Å². The summed E-state index contributed by atoms with van der Waals surface area (Å²) in [6.07, 6.45) is 29.7. The van der Waals surface area contributed by atoms with Gasteiger partial charge in [-0.3, -0.25) is 28.2 Å². The number of hydrogen-bond acceptors (Lipinski definition) is 12. The maximum absolute atomic E-state index is 12.7.